The number of ether oxygens (including phenoxy) is 1. The Morgan fingerprint density at radius 2 is 1.78 bits per heavy atom. The summed E-state index contributed by atoms with van der Waals surface area (Å²) in [7, 11) is -3.50. The molecule has 1 rings (SSSR count). The van der Waals surface area contributed by atoms with Crippen LogP contribution in [0.1, 0.15) is 53.0 Å². The number of nitrogens with one attached hydrogen (secondary N) is 1. The zero-order valence-electron chi connectivity index (χ0n) is 15.3. The summed E-state index contributed by atoms with van der Waals surface area (Å²) in [6.45, 7) is 13.5. The molecule has 0 aliphatic carbocycles. The van der Waals surface area contributed by atoms with Crippen molar-refractivity contribution in [2.24, 2.45) is 5.41 Å². The molecule has 0 atom stereocenters. The molecule has 23 heavy (non-hydrogen) atoms. The molecule has 1 aromatic carbocycles. The minimum Gasteiger partial charge on any atom is -0.381 e. The number of hydrogen-bond acceptors (Lipinski definition) is 3. The van der Waals surface area contributed by atoms with Crippen molar-refractivity contribution in [2.45, 2.75) is 64.8 Å². The Morgan fingerprint density at radius 3 is 2.35 bits per heavy atom. The third-order valence-electron chi connectivity index (χ3n) is 3.34. The van der Waals surface area contributed by atoms with E-state index in [-0.39, 0.29) is 5.41 Å². The first-order valence-electron chi connectivity index (χ1n) is 8.10. The highest BCUT2D eigenvalue weighted by Gasteiger charge is 2.26. The maximum Gasteiger partial charge on any atom is 0.241 e. The summed E-state index contributed by atoms with van der Waals surface area (Å²) in [6, 6.07) is 6.96. The SMILES string of the molecule is Cc1cccc(S(=O)(=O)NC(C)(C)CCCOCC(C)(C)C)c1. The van der Waals surface area contributed by atoms with E-state index in [0.29, 0.717) is 18.1 Å². The van der Waals surface area contributed by atoms with Crippen molar-refractivity contribution in [3.8, 4) is 0 Å². The number of rotatable bonds is 8. The molecule has 0 heterocycles. The Kier molecular flexibility index (Phi) is 6.81. The molecule has 0 aliphatic rings. The normalized spacial score (nSPS) is 13.3. The van der Waals surface area contributed by atoms with Crippen LogP contribution in [0, 0.1) is 12.3 Å². The van der Waals surface area contributed by atoms with Crippen molar-refractivity contribution >= 4 is 10.0 Å². The zero-order chi connectivity index (χ0) is 17.7. The molecule has 0 saturated heterocycles. The van der Waals surface area contributed by atoms with Gasteiger partial charge in [0.15, 0.2) is 0 Å². The molecule has 1 aromatic rings. The van der Waals surface area contributed by atoms with Gasteiger partial charge in [-0.15, -0.1) is 0 Å². The molecule has 0 saturated carbocycles. The number of sulfonamides is 1. The third-order valence-corrected chi connectivity index (χ3v) is 5.03. The maximum absolute atomic E-state index is 12.5. The lowest BCUT2D eigenvalue weighted by molar-refractivity contribution is 0.0664. The molecule has 0 unspecified atom stereocenters. The largest absolute Gasteiger partial charge is 0.381 e. The van der Waals surface area contributed by atoms with Crippen molar-refractivity contribution in [1.29, 1.82) is 0 Å². The molecule has 1 N–H and O–H groups in total. The highest BCUT2D eigenvalue weighted by atomic mass is 32.2. The van der Waals surface area contributed by atoms with Crippen LogP contribution in [0.15, 0.2) is 29.2 Å². The first-order chi connectivity index (χ1) is 10.4. The van der Waals surface area contributed by atoms with Crippen LogP contribution < -0.4 is 4.72 Å². The second-order valence-corrected chi connectivity index (χ2v) is 9.71. The first kappa shape index (κ1) is 20.1. The van der Waals surface area contributed by atoms with E-state index in [0.717, 1.165) is 18.4 Å². The van der Waals surface area contributed by atoms with Gasteiger partial charge in [-0.05, 0) is 56.7 Å². The minimum atomic E-state index is -3.50. The molecule has 0 spiro atoms. The van der Waals surface area contributed by atoms with Crippen LogP contribution in [0.4, 0.5) is 0 Å². The predicted molar refractivity (Wildman–Crippen MR) is 95.1 cm³/mol. The molecule has 0 bridgehead atoms. The fraction of sp³-hybridized carbons (Fsp3) is 0.667. The lowest BCUT2D eigenvalue weighted by Crippen LogP contribution is -2.43. The summed E-state index contributed by atoms with van der Waals surface area (Å²) in [5, 5.41) is 0. The maximum atomic E-state index is 12.5. The Bertz CT molecular complexity index is 601. The molecular formula is C18H31NO3S. The van der Waals surface area contributed by atoms with Crippen LogP contribution in [0.2, 0.25) is 0 Å². The van der Waals surface area contributed by atoms with Crippen LogP contribution in [-0.4, -0.2) is 27.2 Å². The van der Waals surface area contributed by atoms with Gasteiger partial charge >= 0.3 is 0 Å². The van der Waals surface area contributed by atoms with Gasteiger partial charge in [0, 0.05) is 12.1 Å². The topological polar surface area (TPSA) is 55.4 Å². The molecule has 0 aromatic heterocycles. The van der Waals surface area contributed by atoms with Crippen LogP contribution >= 0.6 is 0 Å². The minimum absolute atomic E-state index is 0.155. The molecule has 5 heteroatoms. The molecule has 0 aliphatic heterocycles. The van der Waals surface area contributed by atoms with Gasteiger partial charge in [-0.25, -0.2) is 13.1 Å². The van der Waals surface area contributed by atoms with Crippen molar-refractivity contribution < 1.29 is 13.2 Å². The zero-order valence-corrected chi connectivity index (χ0v) is 16.1. The molecule has 132 valence electrons. The summed E-state index contributed by atoms with van der Waals surface area (Å²) >= 11 is 0. The average molecular weight is 342 g/mol. The van der Waals surface area contributed by atoms with E-state index in [1.165, 1.54) is 0 Å². The van der Waals surface area contributed by atoms with E-state index in [2.05, 4.69) is 25.5 Å². The van der Waals surface area contributed by atoms with Gasteiger partial charge in [-0.1, -0.05) is 32.9 Å². The van der Waals surface area contributed by atoms with Gasteiger partial charge in [0.2, 0.25) is 10.0 Å². The lowest BCUT2D eigenvalue weighted by atomic mass is 9.98. The predicted octanol–water partition coefficient (Wildman–Crippen LogP) is 3.89. The Hall–Kier alpha value is -0.910. The average Bonchev–Trinajstić information content (AvgIpc) is 2.35. The van der Waals surface area contributed by atoms with Gasteiger partial charge in [0.05, 0.1) is 11.5 Å². The molecule has 0 radical (unpaired) electrons. The van der Waals surface area contributed by atoms with E-state index in [1.807, 2.05) is 26.8 Å². The summed E-state index contributed by atoms with van der Waals surface area (Å²) in [5.41, 5.74) is 0.580. The summed E-state index contributed by atoms with van der Waals surface area (Å²) in [4.78, 5) is 0.314. The van der Waals surface area contributed by atoms with E-state index in [9.17, 15) is 8.42 Å². The number of aryl methyl sites for hydroxylation is 1. The van der Waals surface area contributed by atoms with E-state index in [4.69, 9.17) is 4.74 Å². The van der Waals surface area contributed by atoms with Crippen LogP contribution in [0.3, 0.4) is 0 Å². The number of benzene rings is 1. The summed E-state index contributed by atoms with van der Waals surface area (Å²) < 4.78 is 33.4. The fourth-order valence-electron chi connectivity index (χ4n) is 2.25. The fourth-order valence-corrected chi connectivity index (χ4v) is 3.80. The highest BCUT2D eigenvalue weighted by molar-refractivity contribution is 7.89. The second-order valence-electron chi connectivity index (χ2n) is 8.02. The standard InChI is InChI=1S/C18H31NO3S/c1-15-9-7-10-16(13-15)23(20,21)19-18(5,6)11-8-12-22-14-17(2,3)4/h7,9-10,13,19H,8,11-12,14H2,1-6H3. The Labute approximate surface area is 141 Å². The molecular weight excluding hydrogens is 310 g/mol. The molecule has 0 fully saturated rings. The van der Waals surface area contributed by atoms with E-state index >= 15 is 0 Å². The van der Waals surface area contributed by atoms with Crippen molar-refractivity contribution in [2.75, 3.05) is 13.2 Å². The second kappa shape index (κ2) is 7.77. The van der Waals surface area contributed by atoms with Crippen LogP contribution in [0.25, 0.3) is 0 Å². The van der Waals surface area contributed by atoms with Gasteiger partial charge in [-0.3, -0.25) is 0 Å². The first-order valence-corrected chi connectivity index (χ1v) is 9.58. The Balaban J connectivity index is 2.54. The highest BCUT2D eigenvalue weighted by Crippen LogP contribution is 2.19. The third kappa shape index (κ3) is 7.95. The van der Waals surface area contributed by atoms with Gasteiger partial charge in [-0.2, -0.15) is 0 Å². The smallest absolute Gasteiger partial charge is 0.241 e. The van der Waals surface area contributed by atoms with E-state index < -0.39 is 15.6 Å². The lowest BCUT2D eigenvalue weighted by Gasteiger charge is -2.26. The Morgan fingerprint density at radius 1 is 1.13 bits per heavy atom. The molecule has 0 amide bonds. The van der Waals surface area contributed by atoms with Gasteiger partial charge < -0.3 is 4.74 Å². The van der Waals surface area contributed by atoms with Crippen molar-refractivity contribution in [3.05, 3.63) is 29.8 Å². The summed E-state index contributed by atoms with van der Waals surface area (Å²) in [6.07, 6.45) is 1.54. The van der Waals surface area contributed by atoms with Gasteiger partial charge in [0.25, 0.3) is 0 Å². The molecule has 4 nitrogen and oxygen atoms in total. The monoisotopic (exact) mass is 341 g/mol. The van der Waals surface area contributed by atoms with Crippen molar-refractivity contribution in [3.63, 3.8) is 0 Å². The van der Waals surface area contributed by atoms with E-state index in [1.54, 1.807) is 18.2 Å². The summed E-state index contributed by atoms with van der Waals surface area (Å²) in [5.74, 6) is 0. The van der Waals surface area contributed by atoms with Gasteiger partial charge in [0.1, 0.15) is 0 Å². The van der Waals surface area contributed by atoms with Crippen molar-refractivity contribution in [1.82, 2.24) is 4.72 Å². The quantitative estimate of drug-likeness (QED) is 0.730. The number of hydrogen-bond donors (Lipinski definition) is 1. The van der Waals surface area contributed by atoms with Crippen LogP contribution in [0.5, 0.6) is 0 Å². The van der Waals surface area contributed by atoms with Crippen LogP contribution in [-0.2, 0) is 14.8 Å².